The van der Waals surface area contributed by atoms with E-state index in [4.69, 9.17) is 9.47 Å². The normalized spacial score (nSPS) is 10.4. The molecule has 1 N–H and O–H groups in total. The molecule has 1 amide bonds. The maximum Gasteiger partial charge on any atom is 0.255 e. The maximum absolute atomic E-state index is 12.4. The van der Waals surface area contributed by atoms with E-state index in [1.165, 1.54) is 7.11 Å². The van der Waals surface area contributed by atoms with Crippen LogP contribution in [-0.2, 0) is 6.42 Å². The van der Waals surface area contributed by atoms with Gasteiger partial charge in [-0.05, 0) is 24.3 Å². The van der Waals surface area contributed by atoms with Crippen molar-refractivity contribution in [2.75, 3.05) is 20.8 Å². The number of methoxy groups -OCH3 is 2. The van der Waals surface area contributed by atoms with Crippen molar-refractivity contribution >= 4 is 17.2 Å². The van der Waals surface area contributed by atoms with E-state index >= 15 is 0 Å². The molecule has 7 heteroatoms. The molecule has 134 valence electrons. The van der Waals surface area contributed by atoms with Crippen molar-refractivity contribution in [3.05, 3.63) is 59.4 Å². The molecule has 0 aliphatic heterocycles. The highest BCUT2D eigenvalue weighted by Crippen LogP contribution is 2.25. The second kappa shape index (κ2) is 8.44. The number of hydrogen-bond donors (Lipinski definition) is 1. The molecule has 0 radical (unpaired) electrons. The van der Waals surface area contributed by atoms with Crippen molar-refractivity contribution in [2.24, 2.45) is 0 Å². The van der Waals surface area contributed by atoms with Gasteiger partial charge in [0.25, 0.3) is 5.91 Å². The number of carbonyl (C=O) groups is 1. The number of rotatable bonds is 7. The molecule has 26 heavy (non-hydrogen) atoms. The maximum atomic E-state index is 12.4. The molecule has 0 fully saturated rings. The van der Waals surface area contributed by atoms with E-state index in [9.17, 15) is 4.79 Å². The largest absolute Gasteiger partial charge is 0.497 e. The van der Waals surface area contributed by atoms with E-state index in [0.29, 0.717) is 30.0 Å². The van der Waals surface area contributed by atoms with Crippen LogP contribution in [0, 0.1) is 0 Å². The predicted molar refractivity (Wildman–Crippen MR) is 101 cm³/mol. The minimum absolute atomic E-state index is 0.188. The SMILES string of the molecule is COc1ccc(C(=O)NCCc2csc(-c3cccnc3)n2)c(OC)c1. The summed E-state index contributed by atoms with van der Waals surface area (Å²) < 4.78 is 10.4. The average Bonchev–Trinajstić information content (AvgIpc) is 3.17. The molecular formula is C19H19N3O3S. The van der Waals surface area contributed by atoms with Crippen LogP contribution in [0.5, 0.6) is 11.5 Å². The third-order valence-corrected chi connectivity index (χ3v) is 4.72. The third kappa shape index (κ3) is 4.18. The Bertz CT molecular complexity index is 881. The van der Waals surface area contributed by atoms with Crippen LogP contribution in [0.25, 0.3) is 10.6 Å². The van der Waals surface area contributed by atoms with Gasteiger partial charge in [-0.1, -0.05) is 0 Å². The summed E-state index contributed by atoms with van der Waals surface area (Å²) in [5.74, 6) is 0.936. The summed E-state index contributed by atoms with van der Waals surface area (Å²) in [6.07, 6.45) is 4.18. The molecule has 0 spiro atoms. The molecule has 3 aromatic rings. The molecule has 0 aliphatic rings. The Hall–Kier alpha value is -2.93. The molecule has 0 unspecified atom stereocenters. The van der Waals surface area contributed by atoms with Crippen molar-refractivity contribution < 1.29 is 14.3 Å². The van der Waals surface area contributed by atoms with Crippen LogP contribution in [-0.4, -0.2) is 36.6 Å². The molecule has 0 bridgehead atoms. The van der Waals surface area contributed by atoms with Gasteiger partial charge in [-0.25, -0.2) is 4.98 Å². The van der Waals surface area contributed by atoms with Gasteiger partial charge in [-0.2, -0.15) is 0 Å². The Kier molecular flexibility index (Phi) is 5.80. The second-order valence-electron chi connectivity index (χ2n) is 5.46. The van der Waals surface area contributed by atoms with E-state index in [2.05, 4.69) is 15.3 Å². The standard InChI is InChI=1S/C19H19N3O3S/c1-24-15-5-6-16(17(10-15)25-2)18(23)21-9-7-14-12-26-19(22-14)13-4-3-8-20-11-13/h3-6,8,10-12H,7,9H2,1-2H3,(H,21,23). The van der Waals surface area contributed by atoms with Gasteiger partial charge in [0.15, 0.2) is 0 Å². The first-order valence-corrected chi connectivity index (χ1v) is 8.94. The summed E-state index contributed by atoms with van der Waals surface area (Å²) in [4.78, 5) is 21.1. The highest BCUT2D eigenvalue weighted by atomic mass is 32.1. The van der Waals surface area contributed by atoms with Gasteiger partial charge >= 0.3 is 0 Å². The molecule has 0 atom stereocenters. The number of pyridine rings is 1. The number of nitrogens with one attached hydrogen (secondary N) is 1. The number of aromatic nitrogens is 2. The molecule has 2 heterocycles. The van der Waals surface area contributed by atoms with Crippen molar-refractivity contribution in [3.63, 3.8) is 0 Å². The first kappa shape index (κ1) is 17.9. The fraction of sp³-hybridized carbons (Fsp3) is 0.211. The van der Waals surface area contributed by atoms with Crippen molar-refractivity contribution in [3.8, 4) is 22.1 Å². The van der Waals surface area contributed by atoms with Crippen LogP contribution in [0.15, 0.2) is 48.1 Å². The number of benzene rings is 1. The smallest absolute Gasteiger partial charge is 0.255 e. The zero-order valence-corrected chi connectivity index (χ0v) is 15.4. The fourth-order valence-electron chi connectivity index (χ4n) is 2.43. The van der Waals surface area contributed by atoms with Crippen molar-refractivity contribution in [2.45, 2.75) is 6.42 Å². The number of nitrogens with zero attached hydrogens (tertiary/aromatic N) is 2. The van der Waals surface area contributed by atoms with Gasteiger partial charge in [-0.3, -0.25) is 9.78 Å². The monoisotopic (exact) mass is 369 g/mol. The van der Waals surface area contributed by atoms with Gasteiger partial charge in [0, 0.05) is 42.4 Å². The Morgan fingerprint density at radius 1 is 1.23 bits per heavy atom. The molecule has 0 aliphatic carbocycles. The van der Waals surface area contributed by atoms with Gasteiger partial charge in [0.05, 0.1) is 25.5 Å². The molecule has 2 aromatic heterocycles. The lowest BCUT2D eigenvalue weighted by Gasteiger charge is -2.10. The van der Waals surface area contributed by atoms with Gasteiger partial charge in [0.1, 0.15) is 16.5 Å². The van der Waals surface area contributed by atoms with E-state index in [1.807, 2.05) is 17.5 Å². The Labute approximate surface area is 155 Å². The van der Waals surface area contributed by atoms with Crippen LogP contribution in [0.4, 0.5) is 0 Å². The first-order chi connectivity index (χ1) is 12.7. The Morgan fingerprint density at radius 2 is 2.12 bits per heavy atom. The van der Waals surface area contributed by atoms with Gasteiger partial charge < -0.3 is 14.8 Å². The molecular weight excluding hydrogens is 350 g/mol. The predicted octanol–water partition coefficient (Wildman–Crippen LogP) is 3.19. The molecule has 0 saturated heterocycles. The van der Waals surface area contributed by atoms with Crippen LogP contribution >= 0.6 is 11.3 Å². The van der Waals surface area contributed by atoms with Crippen molar-refractivity contribution in [1.29, 1.82) is 0 Å². The number of thiazole rings is 1. The van der Waals surface area contributed by atoms with E-state index < -0.39 is 0 Å². The minimum atomic E-state index is -0.188. The molecule has 0 saturated carbocycles. The molecule has 3 rings (SSSR count). The summed E-state index contributed by atoms with van der Waals surface area (Å²) in [5.41, 5.74) is 2.41. The number of carbonyl (C=O) groups excluding carboxylic acids is 1. The summed E-state index contributed by atoms with van der Waals surface area (Å²) in [6.45, 7) is 0.490. The zero-order valence-electron chi connectivity index (χ0n) is 14.6. The van der Waals surface area contributed by atoms with Crippen LogP contribution in [0.3, 0.4) is 0 Å². The van der Waals surface area contributed by atoms with E-state index in [-0.39, 0.29) is 5.91 Å². The quantitative estimate of drug-likeness (QED) is 0.692. The molecule has 6 nitrogen and oxygen atoms in total. The number of ether oxygens (including phenoxy) is 2. The fourth-order valence-corrected chi connectivity index (χ4v) is 3.27. The van der Waals surface area contributed by atoms with Crippen LogP contribution in [0.1, 0.15) is 16.1 Å². The average molecular weight is 369 g/mol. The second-order valence-corrected chi connectivity index (χ2v) is 6.32. The summed E-state index contributed by atoms with van der Waals surface area (Å²) in [5, 5.41) is 5.83. The van der Waals surface area contributed by atoms with Gasteiger partial charge in [-0.15, -0.1) is 11.3 Å². The van der Waals surface area contributed by atoms with Crippen LogP contribution < -0.4 is 14.8 Å². The highest BCUT2D eigenvalue weighted by Gasteiger charge is 2.13. The van der Waals surface area contributed by atoms with Crippen LogP contribution in [0.2, 0.25) is 0 Å². The third-order valence-electron chi connectivity index (χ3n) is 3.78. The highest BCUT2D eigenvalue weighted by molar-refractivity contribution is 7.13. The summed E-state index contributed by atoms with van der Waals surface area (Å²) in [7, 11) is 3.10. The summed E-state index contributed by atoms with van der Waals surface area (Å²) >= 11 is 1.57. The first-order valence-electron chi connectivity index (χ1n) is 8.06. The minimum Gasteiger partial charge on any atom is -0.497 e. The lowest BCUT2D eigenvalue weighted by molar-refractivity contribution is 0.0951. The van der Waals surface area contributed by atoms with E-state index in [0.717, 1.165) is 16.3 Å². The van der Waals surface area contributed by atoms with Crippen molar-refractivity contribution in [1.82, 2.24) is 15.3 Å². The lowest BCUT2D eigenvalue weighted by atomic mass is 10.1. The molecule has 1 aromatic carbocycles. The number of amides is 1. The van der Waals surface area contributed by atoms with E-state index in [1.54, 1.807) is 49.0 Å². The topological polar surface area (TPSA) is 73.3 Å². The number of hydrogen-bond acceptors (Lipinski definition) is 6. The zero-order chi connectivity index (χ0) is 18.4. The lowest BCUT2D eigenvalue weighted by Crippen LogP contribution is -2.26. The Balaban J connectivity index is 1.58. The van der Waals surface area contributed by atoms with Gasteiger partial charge in [0.2, 0.25) is 0 Å². The summed E-state index contributed by atoms with van der Waals surface area (Å²) in [6, 6.07) is 8.98. The Morgan fingerprint density at radius 3 is 2.85 bits per heavy atom.